The van der Waals surface area contributed by atoms with Crippen molar-refractivity contribution in [2.75, 3.05) is 32.7 Å². The van der Waals surface area contributed by atoms with Gasteiger partial charge >= 0.3 is 0 Å². The molecule has 0 N–H and O–H groups in total. The van der Waals surface area contributed by atoms with E-state index in [1.54, 1.807) is 0 Å². The fourth-order valence-electron chi connectivity index (χ4n) is 4.26. The first-order chi connectivity index (χ1) is 8.81. The van der Waals surface area contributed by atoms with Crippen LogP contribution in [-0.4, -0.2) is 54.9 Å². The van der Waals surface area contributed by atoms with Crippen molar-refractivity contribution >= 4 is 6.29 Å². The summed E-state index contributed by atoms with van der Waals surface area (Å²) in [5, 5.41) is 0. The third-order valence-corrected chi connectivity index (χ3v) is 5.28. The van der Waals surface area contributed by atoms with E-state index >= 15 is 0 Å². The Hall–Kier alpha value is -0.410. The standard InChI is InChI=1S/C15H26N2O/c18-13-15(6-1-2-7-15)12-16-8-4-10-17-9-3-5-14(17)11-16/h13-14H,1-12H2. The summed E-state index contributed by atoms with van der Waals surface area (Å²) in [5.74, 6) is 0. The molecule has 0 radical (unpaired) electrons. The zero-order valence-electron chi connectivity index (χ0n) is 11.4. The van der Waals surface area contributed by atoms with Gasteiger partial charge < -0.3 is 9.69 Å². The van der Waals surface area contributed by atoms with Crippen LogP contribution < -0.4 is 0 Å². The van der Waals surface area contributed by atoms with Crippen LogP contribution in [0.15, 0.2) is 0 Å². The zero-order valence-corrected chi connectivity index (χ0v) is 11.4. The molecule has 2 heterocycles. The van der Waals surface area contributed by atoms with Gasteiger partial charge in [0.2, 0.25) is 0 Å². The predicted molar refractivity (Wildman–Crippen MR) is 72.6 cm³/mol. The van der Waals surface area contributed by atoms with Crippen molar-refractivity contribution in [2.24, 2.45) is 5.41 Å². The Morgan fingerprint density at radius 2 is 1.83 bits per heavy atom. The van der Waals surface area contributed by atoms with Crippen LogP contribution in [0, 0.1) is 5.41 Å². The largest absolute Gasteiger partial charge is 0.303 e. The van der Waals surface area contributed by atoms with Crippen LogP contribution in [0.5, 0.6) is 0 Å². The normalized spacial score (nSPS) is 33.2. The van der Waals surface area contributed by atoms with Gasteiger partial charge in [-0.25, -0.2) is 0 Å². The fraction of sp³-hybridized carbons (Fsp3) is 0.933. The summed E-state index contributed by atoms with van der Waals surface area (Å²) in [5.41, 5.74) is 0.00771. The highest BCUT2D eigenvalue weighted by atomic mass is 16.1. The Labute approximate surface area is 111 Å². The maximum Gasteiger partial charge on any atom is 0.127 e. The lowest BCUT2D eigenvalue weighted by atomic mass is 9.87. The summed E-state index contributed by atoms with van der Waals surface area (Å²) >= 11 is 0. The Morgan fingerprint density at radius 3 is 2.61 bits per heavy atom. The molecule has 3 heteroatoms. The second-order valence-electron chi connectivity index (χ2n) is 6.61. The number of aldehydes is 1. The summed E-state index contributed by atoms with van der Waals surface area (Å²) in [6.07, 6.45) is 10.1. The highest BCUT2D eigenvalue weighted by molar-refractivity contribution is 5.60. The lowest BCUT2D eigenvalue weighted by Crippen LogP contribution is -2.42. The van der Waals surface area contributed by atoms with E-state index in [4.69, 9.17) is 0 Å². The number of hydrogen-bond acceptors (Lipinski definition) is 3. The molecule has 1 unspecified atom stereocenters. The molecule has 3 rings (SSSR count). The molecule has 3 fully saturated rings. The van der Waals surface area contributed by atoms with E-state index in [0.717, 1.165) is 25.4 Å². The maximum atomic E-state index is 11.5. The van der Waals surface area contributed by atoms with Crippen LogP contribution in [-0.2, 0) is 4.79 Å². The Balaban J connectivity index is 1.63. The molecule has 2 aliphatic heterocycles. The molecule has 1 atom stereocenters. The minimum atomic E-state index is 0.00771. The molecule has 102 valence electrons. The minimum Gasteiger partial charge on any atom is -0.303 e. The number of rotatable bonds is 3. The third-order valence-electron chi connectivity index (χ3n) is 5.28. The number of fused-ring (bicyclic) bond motifs is 1. The molecule has 0 aromatic carbocycles. The van der Waals surface area contributed by atoms with Crippen molar-refractivity contribution < 1.29 is 4.79 Å². The van der Waals surface area contributed by atoms with Gasteiger partial charge in [-0.3, -0.25) is 4.90 Å². The number of carbonyl (C=O) groups excluding carboxylic acids is 1. The lowest BCUT2D eigenvalue weighted by molar-refractivity contribution is -0.117. The summed E-state index contributed by atoms with van der Waals surface area (Å²) in [4.78, 5) is 16.7. The Kier molecular flexibility index (Phi) is 3.71. The Bertz CT molecular complexity index is 299. The van der Waals surface area contributed by atoms with Crippen LogP contribution in [0.2, 0.25) is 0 Å². The van der Waals surface area contributed by atoms with Crippen molar-refractivity contribution in [3.05, 3.63) is 0 Å². The molecular formula is C15H26N2O. The molecule has 0 aromatic heterocycles. The fourth-order valence-corrected chi connectivity index (χ4v) is 4.26. The van der Waals surface area contributed by atoms with Crippen LogP contribution in [0.25, 0.3) is 0 Å². The smallest absolute Gasteiger partial charge is 0.127 e. The molecule has 3 nitrogen and oxygen atoms in total. The molecular weight excluding hydrogens is 224 g/mol. The van der Waals surface area contributed by atoms with Crippen LogP contribution in [0.3, 0.4) is 0 Å². The molecule has 0 amide bonds. The van der Waals surface area contributed by atoms with Crippen molar-refractivity contribution in [3.63, 3.8) is 0 Å². The minimum absolute atomic E-state index is 0.00771. The van der Waals surface area contributed by atoms with Gasteiger partial charge in [-0.1, -0.05) is 12.8 Å². The zero-order chi connectivity index (χ0) is 12.4. The van der Waals surface area contributed by atoms with E-state index in [0.29, 0.717) is 0 Å². The van der Waals surface area contributed by atoms with E-state index in [1.165, 1.54) is 64.6 Å². The summed E-state index contributed by atoms with van der Waals surface area (Å²) < 4.78 is 0. The summed E-state index contributed by atoms with van der Waals surface area (Å²) in [6.45, 7) is 6.01. The monoisotopic (exact) mass is 250 g/mol. The molecule has 1 aliphatic carbocycles. The van der Waals surface area contributed by atoms with Crippen molar-refractivity contribution in [1.82, 2.24) is 9.80 Å². The van der Waals surface area contributed by atoms with E-state index in [-0.39, 0.29) is 5.41 Å². The van der Waals surface area contributed by atoms with Gasteiger partial charge in [0.1, 0.15) is 6.29 Å². The van der Waals surface area contributed by atoms with Crippen LogP contribution in [0.1, 0.15) is 44.9 Å². The van der Waals surface area contributed by atoms with Gasteiger partial charge in [-0.2, -0.15) is 0 Å². The summed E-state index contributed by atoms with van der Waals surface area (Å²) in [6, 6.07) is 0.776. The van der Waals surface area contributed by atoms with Gasteiger partial charge in [0.05, 0.1) is 0 Å². The van der Waals surface area contributed by atoms with Crippen molar-refractivity contribution in [2.45, 2.75) is 51.0 Å². The first kappa shape index (κ1) is 12.6. The highest BCUT2D eigenvalue weighted by Gasteiger charge is 2.37. The predicted octanol–water partition coefficient (Wildman–Crippen LogP) is 1.92. The molecule has 0 bridgehead atoms. The van der Waals surface area contributed by atoms with Gasteiger partial charge in [0, 0.05) is 24.5 Å². The average molecular weight is 250 g/mol. The molecule has 18 heavy (non-hydrogen) atoms. The van der Waals surface area contributed by atoms with E-state index in [1.807, 2.05) is 0 Å². The third kappa shape index (κ3) is 2.48. The number of hydrogen-bond donors (Lipinski definition) is 0. The highest BCUT2D eigenvalue weighted by Crippen LogP contribution is 2.37. The van der Waals surface area contributed by atoms with Gasteiger partial charge in [-0.15, -0.1) is 0 Å². The van der Waals surface area contributed by atoms with E-state index in [2.05, 4.69) is 9.80 Å². The van der Waals surface area contributed by atoms with Crippen LogP contribution in [0.4, 0.5) is 0 Å². The molecule has 2 saturated heterocycles. The molecule has 1 saturated carbocycles. The second kappa shape index (κ2) is 5.30. The SMILES string of the molecule is O=CC1(CN2CCCN3CCCC3C2)CCCC1. The van der Waals surface area contributed by atoms with Gasteiger partial charge in [-0.05, 0) is 51.7 Å². The molecule has 3 aliphatic rings. The van der Waals surface area contributed by atoms with Crippen LogP contribution >= 0.6 is 0 Å². The Morgan fingerprint density at radius 1 is 1.06 bits per heavy atom. The van der Waals surface area contributed by atoms with E-state index in [9.17, 15) is 4.79 Å². The van der Waals surface area contributed by atoms with E-state index < -0.39 is 0 Å². The first-order valence-electron chi connectivity index (χ1n) is 7.74. The maximum absolute atomic E-state index is 11.5. The first-order valence-corrected chi connectivity index (χ1v) is 7.74. The molecule has 0 spiro atoms. The van der Waals surface area contributed by atoms with Gasteiger partial charge in [0.25, 0.3) is 0 Å². The number of carbonyl (C=O) groups is 1. The summed E-state index contributed by atoms with van der Waals surface area (Å²) in [7, 11) is 0. The quantitative estimate of drug-likeness (QED) is 0.715. The lowest BCUT2D eigenvalue weighted by Gasteiger charge is -2.32. The number of nitrogens with zero attached hydrogens (tertiary/aromatic N) is 2. The molecule has 0 aromatic rings. The topological polar surface area (TPSA) is 23.6 Å². The van der Waals surface area contributed by atoms with Crippen molar-refractivity contribution in [1.29, 1.82) is 0 Å². The van der Waals surface area contributed by atoms with Crippen molar-refractivity contribution in [3.8, 4) is 0 Å². The average Bonchev–Trinajstić information content (AvgIpc) is 2.97. The van der Waals surface area contributed by atoms with Gasteiger partial charge in [0.15, 0.2) is 0 Å². The second-order valence-corrected chi connectivity index (χ2v) is 6.61.